The fraction of sp³-hybridized carbons (Fsp3) is 0.923. The second-order valence-corrected chi connectivity index (χ2v) is 5.64. The number of nitrogens with zero attached hydrogens (tertiary/aromatic N) is 1. The summed E-state index contributed by atoms with van der Waals surface area (Å²) in [7, 11) is 0. The maximum atomic E-state index is 11.8. The van der Waals surface area contributed by atoms with E-state index in [1.165, 1.54) is 25.7 Å². The van der Waals surface area contributed by atoms with E-state index in [2.05, 4.69) is 10.2 Å². The Bertz CT molecular complexity index is 263. The molecular formula is C13H25N3O. The average Bonchev–Trinajstić information content (AvgIpc) is 3.10. The van der Waals surface area contributed by atoms with Gasteiger partial charge in [0.05, 0.1) is 6.54 Å². The van der Waals surface area contributed by atoms with E-state index in [0.29, 0.717) is 12.6 Å². The molecule has 0 aromatic rings. The van der Waals surface area contributed by atoms with Gasteiger partial charge in [0.25, 0.3) is 0 Å². The van der Waals surface area contributed by atoms with Crippen LogP contribution in [-0.2, 0) is 4.79 Å². The Morgan fingerprint density at radius 2 is 2.18 bits per heavy atom. The lowest BCUT2D eigenvalue weighted by Gasteiger charge is -2.37. The summed E-state index contributed by atoms with van der Waals surface area (Å²) in [5.41, 5.74) is 5.99. The van der Waals surface area contributed by atoms with Crippen molar-refractivity contribution in [2.75, 3.05) is 19.6 Å². The predicted molar refractivity (Wildman–Crippen MR) is 68.6 cm³/mol. The van der Waals surface area contributed by atoms with Crippen LogP contribution in [0.3, 0.4) is 0 Å². The molecule has 1 aliphatic carbocycles. The SMILES string of the molecule is CC(N)C1CCCCN1CC(=O)NCC1CC1. The largest absolute Gasteiger partial charge is 0.355 e. The summed E-state index contributed by atoms with van der Waals surface area (Å²) in [6, 6.07) is 0.543. The highest BCUT2D eigenvalue weighted by Crippen LogP contribution is 2.27. The summed E-state index contributed by atoms with van der Waals surface area (Å²) < 4.78 is 0. The van der Waals surface area contributed by atoms with E-state index in [1.54, 1.807) is 0 Å². The highest BCUT2D eigenvalue weighted by Gasteiger charge is 2.27. The van der Waals surface area contributed by atoms with Gasteiger partial charge in [0, 0.05) is 18.6 Å². The monoisotopic (exact) mass is 239 g/mol. The first-order chi connectivity index (χ1) is 8.16. The summed E-state index contributed by atoms with van der Waals surface area (Å²) in [6.45, 7) is 4.46. The van der Waals surface area contributed by atoms with E-state index in [4.69, 9.17) is 5.73 Å². The zero-order valence-corrected chi connectivity index (χ0v) is 10.8. The van der Waals surface area contributed by atoms with E-state index >= 15 is 0 Å². The number of piperidine rings is 1. The summed E-state index contributed by atoms with van der Waals surface area (Å²) in [5.74, 6) is 0.925. The van der Waals surface area contributed by atoms with E-state index in [9.17, 15) is 4.79 Å². The minimum Gasteiger partial charge on any atom is -0.355 e. The average molecular weight is 239 g/mol. The number of hydrogen-bond donors (Lipinski definition) is 2. The number of amides is 1. The van der Waals surface area contributed by atoms with Gasteiger partial charge in [-0.3, -0.25) is 9.69 Å². The van der Waals surface area contributed by atoms with E-state index < -0.39 is 0 Å². The van der Waals surface area contributed by atoms with Gasteiger partial charge in [0.1, 0.15) is 0 Å². The lowest BCUT2D eigenvalue weighted by molar-refractivity contribution is -0.123. The summed E-state index contributed by atoms with van der Waals surface area (Å²) in [5, 5.41) is 3.03. The molecule has 1 aliphatic heterocycles. The van der Waals surface area contributed by atoms with Gasteiger partial charge in [0.15, 0.2) is 0 Å². The number of nitrogens with one attached hydrogen (secondary N) is 1. The molecule has 4 heteroatoms. The molecule has 0 spiro atoms. The summed E-state index contributed by atoms with van der Waals surface area (Å²) in [4.78, 5) is 14.1. The third kappa shape index (κ3) is 3.96. The van der Waals surface area contributed by atoms with Crippen molar-refractivity contribution in [1.82, 2.24) is 10.2 Å². The third-order valence-corrected chi connectivity index (χ3v) is 3.90. The van der Waals surface area contributed by atoms with Gasteiger partial charge < -0.3 is 11.1 Å². The number of likely N-dealkylation sites (tertiary alicyclic amines) is 1. The topological polar surface area (TPSA) is 58.4 Å². The minimum absolute atomic E-state index is 0.159. The summed E-state index contributed by atoms with van der Waals surface area (Å²) >= 11 is 0. The first kappa shape index (κ1) is 12.8. The molecule has 2 atom stereocenters. The van der Waals surface area contributed by atoms with Crippen molar-refractivity contribution < 1.29 is 4.79 Å². The lowest BCUT2D eigenvalue weighted by atomic mass is 9.97. The lowest BCUT2D eigenvalue weighted by Crippen LogP contribution is -2.52. The Morgan fingerprint density at radius 3 is 2.82 bits per heavy atom. The number of carbonyl (C=O) groups excluding carboxylic acids is 1. The Morgan fingerprint density at radius 1 is 1.41 bits per heavy atom. The van der Waals surface area contributed by atoms with Crippen LogP contribution in [0, 0.1) is 5.92 Å². The molecule has 2 rings (SSSR count). The molecule has 2 fully saturated rings. The normalized spacial score (nSPS) is 27.8. The molecule has 17 heavy (non-hydrogen) atoms. The van der Waals surface area contributed by atoms with Crippen LogP contribution >= 0.6 is 0 Å². The number of carbonyl (C=O) groups is 1. The molecule has 1 saturated carbocycles. The van der Waals surface area contributed by atoms with E-state index in [-0.39, 0.29) is 11.9 Å². The van der Waals surface area contributed by atoms with Crippen LogP contribution in [0.2, 0.25) is 0 Å². The molecule has 0 bridgehead atoms. The first-order valence-electron chi connectivity index (χ1n) is 6.93. The van der Waals surface area contributed by atoms with Crippen LogP contribution in [0.4, 0.5) is 0 Å². The number of nitrogens with two attached hydrogens (primary N) is 1. The molecule has 0 aromatic heterocycles. The number of hydrogen-bond acceptors (Lipinski definition) is 3. The van der Waals surface area contributed by atoms with Crippen molar-refractivity contribution in [1.29, 1.82) is 0 Å². The van der Waals surface area contributed by atoms with Crippen molar-refractivity contribution in [2.24, 2.45) is 11.7 Å². The van der Waals surface area contributed by atoms with Gasteiger partial charge in [0.2, 0.25) is 5.91 Å². The highest BCUT2D eigenvalue weighted by atomic mass is 16.2. The Hall–Kier alpha value is -0.610. The summed E-state index contributed by atoms with van der Waals surface area (Å²) in [6.07, 6.45) is 6.14. The zero-order valence-electron chi connectivity index (χ0n) is 10.8. The zero-order chi connectivity index (χ0) is 12.3. The molecule has 1 saturated heterocycles. The van der Waals surface area contributed by atoms with E-state index in [1.807, 2.05) is 6.92 Å². The molecule has 98 valence electrons. The highest BCUT2D eigenvalue weighted by molar-refractivity contribution is 5.78. The standard InChI is InChI=1S/C13H25N3O/c1-10(14)12-4-2-3-7-16(12)9-13(17)15-8-11-5-6-11/h10-12H,2-9,14H2,1H3,(H,15,17). The van der Waals surface area contributed by atoms with Gasteiger partial charge in [-0.25, -0.2) is 0 Å². The van der Waals surface area contributed by atoms with Crippen LogP contribution in [0.15, 0.2) is 0 Å². The van der Waals surface area contributed by atoms with Crippen molar-refractivity contribution in [3.05, 3.63) is 0 Å². The van der Waals surface area contributed by atoms with Crippen molar-refractivity contribution in [2.45, 2.75) is 51.1 Å². The first-order valence-corrected chi connectivity index (χ1v) is 6.93. The third-order valence-electron chi connectivity index (χ3n) is 3.90. The molecule has 3 N–H and O–H groups in total. The van der Waals surface area contributed by atoms with Crippen LogP contribution in [0.1, 0.15) is 39.0 Å². The van der Waals surface area contributed by atoms with Crippen LogP contribution in [0.25, 0.3) is 0 Å². The Kier molecular flexibility index (Phi) is 4.40. The quantitative estimate of drug-likeness (QED) is 0.743. The fourth-order valence-electron chi connectivity index (χ4n) is 2.63. The Labute approximate surface area is 104 Å². The van der Waals surface area contributed by atoms with Crippen molar-refractivity contribution in [3.8, 4) is 0 Å². The van der Waals surface area contributed by atoms with Gasteiger partial charge >= 0.3 is 0 Å². The van der Waals surface area contributed by atoms with Crippen molar-refractivity contribution >= 4 is 5.91 Å². The molecule has 4 nitrogen and oxygen atoms in total. The number of rotatable bonds is 5. The maximum Gasteiger partial charge on any atom is 0.234 e. The maximum absolute atomic E-state index is 11.8. The van der Waals surface area contributed by atoms with Gasteiger partial charge in [-0.2, -0.15) is 0 Å². The molecule has 0 aromatic carbocycles. The van der Waals surface area contributed by atoms with Crippen LogP contribution in [-0.4, -0.2) is 42.5 Å². The van der Waals surface area contributed by atoms with Gasteiger partial charge in [-0.05, 0) is 45.1 Å². The molecule has 2 unspecified atom stereocenters. The molecule has 1 heterocycles. The van der Waals surface area contributed by atoms with Gasteiger partial charge in [-0.1, -0.05) is 6.42 Å². The molecular weight excluding hydrogens is 214 g/mol. The smallest absolute Gasteiger partial charge is 0.234 e. The Balaban J connectivity index is 1.75. The van der Waals surface area contributed by atoms with Crippen molar-refractivity contribution in [3.63, 3.8) is 0 Å². The fourth-order valence-corrected chi connectivity index (χ4v) is 2.63. The molecule has 2 aliphatic rings. The van der Waals surface area contributed by atoms with E-state index in [0.717, 1.165) is 25.4 Å². The second kappa shape index (κ2) is 5.83. The second-order valence-electron chi connectivity index (χ2n) is 5.64. The van der Waals surface area contributed by atoms with Crippen LogP contribution in [0.5, 0.6) is 0 Å². The van der Waals surface area contributed by atoms with Crippen LogP contribution < -0.4 is 11.1 Å². The molecule has 1 amide bonds. The minimum atomic E-state index is 0.159. The predicted octanol–water partition coefficient (Wildman–Crippen LogP) is 0.714. The van der Waals surface area contributed by atoms with Gasteiger partial charge in [-0.15, -0.1) is 0 Å². The molecule has 0 radical (unpaired) electrons.